The Morgan fingerprint density at radius 3 is 2.58 bits per heavy atom. The molecule has 0 heterocycles. The van der Waals surface area contributed by atoms with E-state index < -0.39 is 11.2 Å². The predicted octanol–water partition coefficient (Wildman–Crippen LogP) is 3.01. The number of carbonyl (C=O) groups excluding carboxylic acids is 1. The van der Waals surface area contributed by atoms with Crippen LogP contribution in [0.15, 0.2) is 29.2 Å². The van der Waals surface area contributed by atoms with Crippen LogP contribution in [0.3, 0.4) is 0 Å². The molecule has 0 aromatic heterocycles. The average molecular weight is 302 g/mol. The number of nitrogens with two attached hydrogens (primary N) is 1. The lowest BCUT2D eigenvalue weighted by Crippen LogP contribution is -2.35. The minimum absolute atomic E-state index is 0.156. The molecule has 1 aromatic carbocycles. The van der Waals surface area contributed by atoms with Crippen molar-refractivity contribution in [2.24, 2.45) is 11.1 Å². The Labute approximate surface area is 118 Å². The van der Waals surface area contributed by atoms with E-state index in [-0.39, 0.29) is 10.9 Å². The summed E-state index contributed by atoms with van der Waals surface area (Å²) in [6.07, 6.45) is 1.22. The Morgan fingerprint density at radius 2 is 2.05 bits per heavy atom. The van der Waals surface area contributed by atoms with Gasteiger partial charge in [-0.05, 0) is 25.0 Å². The number of thiocarbonyl (C=S) groups is 1. The van der Waals surface area contributed by atoms with Gasteiger partial charge in [0, 0.05) is 4.90 Å². The smallest absolute Gasteiger partial charge is 0.288 e. The van der Waals surface area contributed by atoms with Crippen LogP contribution in [0.4, 0.5) is 14.5 Å². The summed E-state index contributed by atoms with van der Waals surface area (Å²) in [5.74, 6) is -2.86. The fourth-order valence-electron chi connectivity index (χ4n) is 1.72. The van der Waals surface area contributed by atoms with Crippen molar-refractivity contribution in [2.45, 2.75) is 23.5 Å². The molecule has 1 amide bonds. The maximum Gasteiger partial charge on any atom is 0.288 e. The van der Waals surface area contributed by atoms with Crippen LogP contribution in [-0.2, 0) is 4.79 Å². The van der Waals surface area contributed by atoms with E-state index in [4.69, 9.17) is 18.0 Å². The van der Waals surface area contributed by atoms with E-state index in [2.05, 4.69) is 5.32 Å². The van der Waals surface area contributed by atoms with Gasteiger partial charge >= 0.3 is 0 Å². The second-order valence-electron chi connectivity index (χ2n) is 4.28. The van der Waals surface area contributed by atoms with E-state index in [0.29, 0.717) is 35.2 Å². The van der Waals surface area contributed by atoms with Gasteiger partial charge in [0.25, 0.3) is 5.76 Å². The van der Waals surface area contributed by atoms with Gasteiger partial charge in [-0.25, -0.2) is 0 Å². The highest BCUT2D eigenvalue weighted by Gasteiger charge is 2.52. The molecular formula is C12H12F2N2OS2. The first kappa shape index (κ1) is 14.2. The Hall–Kier alpha value is -1.21. The fraction of sp³-hybridized carbons (Fsp3) is 0.333. The van der Waals surface area contributed by atoms with E-state index >= 15 is 0 Å². The first-order valence-electron chi connectivity index (χ1n) is 5.61. The van der Waals surface area contributed by atoms with Gasteiger partial charge in [0.05, 0.1) is 16.1 Å². The van der Waals surface area contributed by atoms with Crippen LogP contribution in [0.5, 0.6) is 0 Å². The Balaban J connectivity index is 2.15. The van der Waals surface area contributed by atoms with Crippen LogP contribution in [0, 0.1) is 5.41 Å². The average Bonchev–Trinajstić information content (AvgIpc) is 3.12. The Bertz CT molecular complexity index is 518. The third-order valence-corrected chi connectivity index (χ3v) is 4.19. The van der Waals surface area contributed by atoms with Gasteiger partial charge in [0.15, 0.2) is 0 Å². The summed E-state index contributed by atoms with van der Waals surface area (Å²) in [4.78, 5) is 12.6. The highest BCUT2D eigenvalue weighted by molar-refractivity contribution is 7.99. The summed E-state index contributed by atoms with van der Waals surface area (Å²) < 4.78 is 24.8. The Kier molecular flexibility index (Phi) is 4.05. The molecule has 102 valence electrons. The zero-order valence-corrected chi connectivity index (χ0v) is 11.5. The molecule has 3 N–H and O–H groups in total. The third-order valence-electron chi connectivity index (χ3n) is 3.01. The number of nitrogens with one attached hydrogen (secondary N) is 1. The van der Waals surface area contributed by atoms with Crippen LogP contribution >= 0.6 is 24.0 Å². The molecule has 1 fully saturated rings. The second-order valence-corrected chi connectivity index (χ2v) is 5.75. The number of hydrogen-bond donors (Lipinski definition) is 2. The molecule has 0 atom stereocenters. The number of alkyl halides is 2. The van der Waals surface area contributed by atoms with E-state index in [9.17, 15) is 13.6 Å². The third kappa shape index (κ3) is 3.03. The standard InChI is InChI=1S/C12H12F2N2OS2/c13-11(14)19-8-4-2-1-3-7(8)16-10(17)12(5-6-12)9(15)18/h1-4,11H,5-6H2,(H2,15,18)(H,16,17). The number of carbonyl (C=O) groups is 1. The summed E-state index contributed by atoms with van der Waals surface area (Å²) in [7, 11) is 0. The maximum absolute atomic E-state index is 12.4. The van der Waals surface area contributed by atoms with Gasteiger partial charge in [-0.1, -0.05) is 36.1 Å². The van der Waals surface area contributed by atoms with Gasteiger partial charge < -0.3 is 11.1 Å². The molecule has 19 heavy (non-hydrogen) atoms. The SMILES string of the molecule is NC(=S)C1(C(=O)Nc2ccccc2SC(F)F)CC1. The van der Waals surface area contributed by atoms with E-state index in [1.165, 1.54) is 6.07 Å². The van der Waals surface area contributed by atoms with Crippen molar-refractivity contribution in [1.82, 2.24) is 0 Å². The van der Waals surface area contributed by atoms with Gasteiger partial charge in [-0.2, -0.15) is 8.78 Å². The van der Waals surface area contributed by atoms with Crippen LogP contribution in [0.1, 0.15) is 12.8 Å². The number of hydrogen-bond acceptors (Lipinski definition) is 3. The fourth-order valence-corrected chi connectivity index (χ4v) is 2.61. The minimum Gasteiger partial charge on any atom is -0.392 e. The first-order valence-corrected chi connectivity index (χ1v) is 6.90. The second kappa shape index (κ2) is 5.42. The van der Waals surface area contributed by atoms with Crippen LogP contribution in [-0.4, -0.2) is 16.7 Å². The van der Waals surface area contributed by atoms with E-state index in [1.807, 2.05) is 0 Å². The molecule has 0 aliphatic heterocycles. The number of amides is 1. The molecule has 7 heteroatoms. The van der Waals surface area contributed by atoms with Gasteiger partial charge in [-0.15, -0.1) is 0 Å². The van der Waals surface area contributed by atoms with Crippen molar-refractivity contribution in [2.75, 3.05) is 5.32 Å². The van der Waals surface area contributed by atoms with Crippen molar-refractivity contribution in [3.8, 4) is 0 Å². The molecule has 0 bridgehead atoms. The highest BCUT2D eigenvalue weighted by Crippen LogP contribution is 2.47. The maximum atomic E-state index is 12.4. The lowest BCUT2D eigenvalue weighted by atomic mass is 10.1. The van der Waals surface area contributed by atoms with Crippen LogP contribution < -0.4 is 11.1 Å². The molecule has 0 saturated heterocycles. The summed E-state index contributed by atoms with van der Waals surface area (Å²) in [6.45, 7) is 0. The van der Waals surface area contributed by atoms with Crippen molar-refractivity contribution in [3.05, 3.63) is 24.3 Å². The van der Waals surface area contributed by atoms with Gasteiger partial charge in [0.2, 0.25) is 5.91 Å². The topological polar surface area (TPSA) is 55.1 Å². The lowest BCUT2D eigenvalue weighted by Gasteiger charge is -2.15. The summed E-state index contributed by atoms with van der Waals surface area (Å²) in [5, 5.41) is 2.64. The van der Waals surface area contributed by atoms with Crippen molar-refractivity contribution in [3.63, 3.8) is 0 Å². The van der Waals surface area contributed by atoms with Gasteiger partial charge in [0.1, 0.15) is 0 Å². The number of halogens is 2. The van der Waals surface area contributed by atoms with Gasteiger partial charge in [-0.3, -0.25) is 4.79 Å². The van der Waals surface area contributed by atoms with E-state index in [1.54, 1.807) is 18.2 Å². The number of rotatable bonds is 5. The lowest BCUT2D eigenvalue weighted by molar-refractivity contribution is -0.118. The molecule has 3 nitrogen and oxygen atoms in total. The minimum atomic E-state index is -2.54. The quantitative estimate of drug-likeness (QED) is 0.648. The van der Waals surface area contributed by atoms with E-state index in [0.717, 1.165) is 0 Å². The van der Waals surface area contributed by atoms with Crippen molar-refractivity contribution < 1.29 is 13.6 Å². The molecular weight excluding hydrogens is 290 g/mol. The number of para-hydroxylation sites is 1. The van der Waals surface area contributed by atoms with Crippen LogP contribution in [0.2, 0.25) is 0 Å². The molecule has 0 spiro atoms. The normalized spacial score (nSPS) is 16.2. The predicted molar refractivity (Wildman–Crippen MR) is 75.4 cm³/mol. The number of benzene rings is 1. The summed E-state index contributed by atoms with van der Waals surface area (Å²) in [5.41, 5.74) is 5.12. The number of thioether (sulfide) groups is 1. The first-order chi connectivity index (χ1) is 8.95. The monoisotopic (exact) mass is 302 g/mol. The summed E-state index contributed by atoms with van der Waals surface area (Å²) >= 11 is 5.28. The van der Waals surface area contributed by atoms with Crippen molar-refractivity contribution in [1.29, 1.82) is 0 Å². The molecule has 1 saturated carbocycles. The molecule has 0 unspecified atom stereocenters. The van der Waals surface area contributed by atoms with Crippen molar-refractivity contribution >= 4 is 40.6 Å². The largest absolute Gasteiger partial charge is 0.392 e. The summed E-state index contributed by atoms with van der Waals surface area (Å²) in [6, 6.07) is 6.43. The molecule has 1 aliphatic rings. The highest BCUT2D eigenvalue weighted by atomic mass is 32.2. The van der Waals surface area contributed by atoms with Crippen LogP contribution in [0.25, 0.3) is 0 Å². The molecule has 1 aromatic rings. The zero-order valence-electron chi connectivity index (χ0n) is 9.86. The number of anilines is 1. The molecule has 2 rings (SSSR count). The molecule has 0 radical (unpaired) electrons. The molecule has 1 aliphatic carbocycles. The zero-order chi connectivity index (χ0) is 14.0. The Morgan fingerprint density at radius 1 is 1.42 bits per heavy atom.